The van der Waals surface area contributed by atoms with E-state index in [1.807, 2.05) is 30.3 Å². The van der Waals surface area contributed by atoms with Gasteiger partial charge in [0, 0.05) is 5.56 Å². The number of allylic oxidation sites excluding steroid dienone is 1. The van der Waals surface area contributed by atoms with Crippen molar-refractivity contribution in [2.75, 3.05) is 6.61 Å². The molecule has 0 unspecified atom stereocenters. The molecule has 1 rings (SSSR count). The Morgan fingerprint density at radius 2 is 1.62 bits per heavy atom. The molecule has 118 valence electrons. The van der Waals surface area contributed by atoms with Crippen LogP contribution in [0.4, 0.5) is 0 Å². The second-order valence-corrected chi connectivity index (χ2v) is 5.13. The van der Waals surface area contributed by atoms with Gasteiger partial charge >= 0.3 is 0 Å². The third kappa shape index (κ3) is 9.06. The maximum atomic E-state index is 11.1. The summed E-state index contributed by atoms with van der Waals surface area (Å²) in [5, 5.41) is 0. The first kappa shape index (κ1) is 19.4. The molecule has 0 heterocycles. The number of benzene rings is 1. The maximum Gasteiger partial charge on any atom is 0.159 e. The smallest absolute Gasteiger partial charge is 0.159 e. The number of ether oxygens (including phenoxy) is 1. The van der Waals surface area contributed by atoms with Gasteiger partial charge in [0.15, 0.2) is 5.78 Å². The van der Waals surface area contributed by atoms with E-state index in [-0.39, 0.29) is 13.2 Å². The highest BCUT2D eigenvalue weighted by Gasteiger charge is 1.99. The maximum absolute atomic E-state index is 11.1. The summed E-state index contributed by atoms with van der Waals surface area (Å²) in [5.74, 6) is 0.939. The number of hydrogen-bond donors (Lipinski definition) is 0. The number of unbranched alkanes of at least 4 members (excludes halogenated alkanes) is 6. The van der Waals surface area contributed by atoms with Crippen molar-refractivity contribution in [1.82, 2.24) is 0 Å². The third-order valence-electron chi connectivity index (χ3n) is 3.33. The van der Waals surface area contributed by atoms with Gasteiger partial charge in [0.2, 0.25) is 0 Å². The zero-order valence-electron chi connectivity index (χ0n) is 12.6. The molecular weight excluding hydrogens is 260 g/mol. The van der Waals surface area contributed by atoms with Crippen LogP contribution < -0.4 is 4.74 Å². The summed E-state index contributed by atoms with van der Waals surface area (Å²) < 4.78 is 5.66. The first-order valence-corrected chi connectivity index (χ1v) is 7.58. The lowest BCUT2D eigenvalue weighted by atomic mass is 10.1. The van der Waals surface area contributed by atoms with Gasteiger partial charge in [-0.15, -0.1) is 6.58 Å². The zero-order valence-corrected chi connectivity index (χ0v) is 12.6. The van der Waals surface area contributed by atoms with Gasteiger partial charge in [0.05, 0.1) is 6.61 Å². The van der Waals surface area contributed by atoms with E-state index in [2.05, 4.69) is 6.58 Å². The minimum atomic E-state index is 0. The second kappa shape index (κ2) is 12.2. The molecule has 0 saturated carbocycles. The summed E-state index contributed by atoms with van der Waals surface area (Å²) in [5.41, 5.74) is 0.733. The lowest BCUT2D eigenvalue weighted by Crippen LogP contribution is -1.98. The van der Waals surface area contributed by atoms with Crippen LogP contribution in [0.2, 0.25) is 0 Å². The fourth-order valence-electron chi connectivity index (χ4n) is 2.07. The van der Waals surface area contributed by atoms with Crippen LogP contribution in [0.3, 0.4) is 0 Å². The predicted molar refractivity (Wildman–Crippen MR) is 91.2 cm³/mol. The molecule has 0 radical (unpaired) electrons. The first-order chi connectivity index (χ1) is 9.74. The molecule has 2 nitrogen and oxygen atoms in total. The minimum Gasteiger partial charge on any atom is -0.494 e. The zero-order chi connectivity index (χ0) is 14.6. The van der Waals surface area contributed by atoms with Crippen LogP contribution in [-0.2, 0) is 0 Å². The van der Waals surface area contributed by atoms with Crippen molar-refractivity contribution in [1.29, 1.82) is 0 Å². The van der Waals surface area contributed by atoms with Gasteiger partial charge in [0.1, 0.15) is 5.75 Å². The highest BCUT2D eigenvalue weighted by atomic mass is 16.5. The molecule has 0 saturated heterocycles. The molecular formula is C19H30O2. The highest BCUT2D eigenvalue weighted by molar-refractivity contribution is 5.94. The van der Waals surface area contributed by atoms with Gasteiger partial charge in [-0.1, -0.05) is 39.2 Å². The van der Waals surface area contributed by atoms with Crippen LogP contribution in [0.25, 0.3) is 0 Å². The predicted octanol–water partition coefficient (Wildman–Crippen LogP) is 5.82. The summed E-state index contributed by atoms with van der Waals surface area (Å²) >= 11 is 0. The quantitative estimate of drug-likeness (QED) is 0.291. The van der Waals surface area contributed by atoms with Crippen molar-refractivity contribution in [2.24, 2.45) is 0 Å². The summed E-state index contributed by atoms with van der Waals surface area (Å²) in [6.07, 6.45) is 10.6. The Bertz CT molecular complexity index is 393. The van der Waals surface area contributed by atoms with E-state index in [1.165, 1.54) is 32.1 Å². The topological polar surface area (TPSA) is 26.3 Å². The fraction of sp³-hybridized carbons (Fsp3) is 0.526. The SMILES string of the molecule is C.C=CCCCCCCCCOc1ccc(C(C)=O)cc1. The van der Waals surface area contributed by atoms with Crippen molar-refractivity contribution >= 4 is 5.78 Å². The lowest BCUT2D eigenvalue weighted by Gasteiger charge is -2.06. The molecule has 1 aromatic rings. The largest absolute Gasteiger partial charge is 0.494 e. The summed E-state index contributed by atoms with van der Waals surface area (Å²) in [7, 11) is 0. The third-order valence-corrected chi connectivity index (χ3v) is 3.33. The molecule has 0 fully saturated rings. The first-order valence-electron chi connectivity index (χ1n) is 7.58. The van der Waals surface area contributed by atoms with Crippen molar-refractivity contribution in [3.63, 3.8) is 0 Å². The van der Waals surface area contributed by atoms with Crippen LogP contribution in [0, 0.1) is 0 Å². The van der Waals surface area contributed by atoms with E-state index >= 15 is 0 Å². The van der Waals surface area contributed by atoms with Crippen LogP contribution >= 0.6 is 0 Å². The number of hydrogen-bond acceptors (Lipinski definition) is 2. The Hall–Kier alpha value is -1.57. The Balaban J connectivity index is 0.00000400. The molecule has 0 aliphatic heterocycles. The Kier molecular flexibility index (Phi) is 11.3. The highest BCUT2D eigenvalue weighted by Crippen LogP contribution is 2.13. The van der Waals surface area contributed by atoms with Gasteiger partial charge in [-0.3, -0.25) is 4.79 Å². The molecule has 0 aliphatic carbocycles. The van der Waals surface area contributed by atoms with E-state index in [0.29, 0.717) is 0 Å². The number of carbonyl (C=O) groups excluding carboxylic acids is 1. The molecule has 0 N–H and O–H groups in total. The van der Waals surface area contributed by atoms with E-state index in [4.69, 9.17) is 4.74 Å². The fourth-order valence-corrected chi connectivity index (χ4v) is 2.07. The molecule has 0 aromatic heterocycles. The second-order valence-electron chi connectivity index (χ2n) is 5.13. The van der Waals surface area contributed by atoms with Crippen LogP contribution in [0.1, 0.15) is 69.7 Å². The molecule has 21 heavy (non-hydrogen) atoms. The Morgan fingerprint density at radius 1 is 1.05 bits per heavy atom. The summed E-state index contributed by atoms with van der Waals surface area (Å²) in [4.78, 5) is 11.1. The molecule has 2 heteroatoms. The summed E-state index contributed by atoms with van der Waals surface area (Å²) in [6, 6.07) is 7.37. The molecule has 1 aromatic carbocycles. The van der Waals surface area contributed by atoms with Crippen LogP contribution in [0.15, 0.2) is 36.9 Å². The standard InChI is InChI=1S/C18H26O2.CH4/c1-3-4-5-6-7-8-9-10-15-20-18-13-11-17(12-14-18)16(2)19;/h3,11-14H,1,4-10,15H2,2H3;1H4. The van der Waals surface area contributed by atoms with Gasteiger partial charge < -0.3 is 4.74 Å². The average molecular weight is 290 g/mol. The van der Waals surface area contributed by atoms with E-state index in [0.717, 1.165) is 30.8 Å². The number of Topliss-reactive ketones (excluding diaryl/α,β-unsaturated/α-hetero) is 1. The van der Waals surface area contributed by atoms with Gasteiger partial charge in [0.25, 0.3) is 0 Å². The van der Waals surface area contributed by atoms with Gasteiger partial charge in [-0.05, 0) is 50.5 Å². The monoisotopic (exact) mass is 290 g/mol. The summed E-state index contributed by atoms with van der Waals surface area (Å²) in [6.45, 7) is 6.06. The normalized spacial score (nSPS) is 9.76. The van der Waals surface area contributed by atoms with E-state index in [1.54, 1.807) is 6.92 Å². The van der Waals surface area contributed by atoms with Gasteiger partial charge in [-0.2, -0.15) is 0 Å². The molecule has 0 bridgehead atoms. The van der Waals surface area contributed by atoms with E-state index < -0.39 is 0 Å². The lowest BCUT2D eigenvalue weighted by molar-refractivity contribution is 0.101. The number of ketones is 1. The van der Waals surface area contributed by atoms with Crippen molar-refractivity contribution < 1.29 is 9.53 Å². The molecule has 0 aliphatic rings. The Labute approximate surface area is 130 Å². The number of rotatable bonds is 11. The molecule has 0 atom stereocenters. The molecule has 0 amide bonds. The number of carbonyl (C=O) groups is 1. The van der Waals surface area contributed by atoms with Crippen LogP contribution in [0.5, 0.6) is 5.75 Å². The molecule has 0 spiro atoms. The van der Waals surface area contributed by atoms with Crippen molar-refractivity contribution in [3.8, 4) is 5.75 Å². The van der Waals surface area contributed by atoms with E-state index in [9.17, 15) is 4.79 Å². The van der Waals surface area contributed by atoms with Crippen molar-refractivity contribution in [3.05, 3.63) is 42.5 Å². The average Bonchev–Trinajstić information content (AvgIpc) is 2.46. The minimum absolute atomic E-state index is 0. The van der Waals surface area contributed by atoms with Crippen molar-refractivity contribution in [2.45, 2.75) is 59.3 Å². The Morgan fingerprint density at radius 3 is 2.19 bits per heavy atom. The van der Waals surface area contributed by atoms with Crippen LogP contribution in [-0.4, -0.2) is 12.4 Å². The van der Waals surface area contributed by atoms with Gasteiger partial charge in [-0.25, -0.2) is 0 Å².